The Hall–Kier alpha value is -3.52. The maximum Gasteiger partial charge on any atom is 0.0316 e. The molecule has 4 N–H and O–H groups in total. The van der Waals surface area contributed by atoms with E-state index in [0.29, 0.717) is 5.92 Å². The summed E-state index contributed by atoms with van der Waals surface area (Å²) in [5.74, 6) is 0.644. The van der Waals surface area contributed by atoms with Gasteiger partial charge in [-0.1, -0.05) is 74.0 Å². The molecule has 2 heteroatoms. The van der Waals surface area contributed by atoms with Crippen molar-refractivity contribution in [3.05, 3.63) is 129 Å². The largest absolute Gasteiger partial charge is 0.399 e. The molecule has 0 bridgehead atoms. The van der Waals surface area contributed by atoms with Gasteiger partial charge in [-0.3, -0.25) is 0 Å². The topological polar surface area (TPSA) is 52.0 Å². The number of hydrogen-bond acceptors (Lipinski definition) is 2. The van der Waals surface area contributed by atoms with Crippen LogP contribution in [0.3, 0.4) is 0 Å². The average molecular weight is 463 g/mol. The Morgan fingerprint density at radius 1 is 0.543 bits per heavy atom. The molecule has 2 nitrogen and oxygen atoms in total. The molecule has 0 amide bonds. The first-order valence-corrected chi connectivity index (χ1v) is 12.7. The molecule has 0 aromatic heterocycles. The van der Waals surface area contributed by atoms with Crippen LogP contribution in [0.15, 0.2) is 84.9 Å². The zero-order valence-corrected chi connectivity index (χ0v) is 21.4. The molecule has 0 radical (unpaired) electrons. The second-order valence-electron chi connectivity index (χ2n) is 10.0. The molecule has 180 valence electrons. The van der Waals surface area contributed by atoms with Crippen molar-refractivity contribution in [2.24, 2.45) is 5.92 Å². The summed E-state index contributed by atoms with van der Waals surface area (Å²) >= 11 is 0. The highest BCUT2D eigenvalue weighted by Crippen LogP contribution is 2.22. The third kappa shape index (κ3) is 6.76. The van der Waals surface area contributed by atoms with E-state index in [2.05, 4.69) is 93.6 Å². The predicted octanol–water partition coefficient (Wildman–Crippen LogP) is 7.46. The van der Waals surface area contributed by atoms with Crippen LogP contribution in [0.2, 0.25) is 0 Å². The lowest BCUT2D eigenvalue weighted by atomic mass is 9.89. The van der Waals surface area contributed by atoms with Crippen molar-refractivity contribution in [1.82, 2.24) is 0 Å². The fourth-order valence-corrected chi connectivity index (χ4v) is 4.89. The Labute approximate surface area is 211 Å². The number of nitrogen functional groups attached to an aromatic ring is 2. The SMILES string of the molecule is CCC(Cc1ccc(Cc2ccc(N)cc2C)cc1)Cc1ccc(Cc2ccc(N)cc2C)cc1. The molecule has 0 atom stereocenters. The summed E-state index contributed by atoms with van der Waals surface area (Å²) in [4.78, 5) is 0. The second-order valence-corrected chi connectivity index (χ2v) is 10.0. The van der Waals surface area contributed by atoms with E-state index in [-0.39, 0.29) is 0 Å². The Balaban J connectivity index is 1.34. The van der Waals surface area contributed by atoms with E-state index in [1.807, 2.05) is 12.1 Å². The second kappa shape index (κ2) is 11.3. The molecule has 0 saturated carbocycles. The summed E-state index contributed by atoms with van der Waals surface area (Å²) < 4.78 is 0. The Morgan fingerprint density at radius 2 is 0.914 bits per heavy atom. The van der Waals surface area contributed by atoms with Gasteiger partial charge in [-0.15, -0.1) is 0 Å². The molecule has 0 heterocycles. The minimum absolute atomic E-state index is 0.644. The molecule has 0 saturated heterocycles. The lowest BCUT2D eigenvalue weighted by molar-refractivity contribution is 0.504. The highest BCUT2D eigenvalue weighted by molar-refractivity contribution is 5.46. The van der Waals surface area contributed by atoms with Gasteiger partial charge in [0.05, 0.1) is 0 Å². The van der Waals surface area contributed by atoms with Gasteiger partial charge in [0.15, 0.2) is 0 Å². The zero-order valence-electron chi connectivity index (χ0n) is 21.4. The van der Waals surface area contributed by atoms with E-state index in [1.165, 1.54) is 50.9 Å². The van der Waals surface area contributed by atoms with Crippen LogP contribution in [0.1, 0.15) is 57.9 Å². The minimum Gasteiger partial charge on any atom is -0.399 e. The molecule has 0 unspecified atom stereocenters. The number of aryl methyl sites for hydroxylation is 2. The van der Waals surface area contributed by atoms with E-state index in [4.69, 9.17) is 11.5 Å². The molecule has 0 fully saturated rings. The van der Waals surface area contributed by atoms with Gasteiger partial charge >= 0.3 is 0 Å². The van der Waals surface area contributed by atoms with Crippen molar-refractivity contribution in [2.45, 2.75) is 52.9 Å². The number of benzene rings is 4. The van der Waals surface area contributed by atoms with Crippen molar-refractivity contribution in [3.8, 4) is 0 Å². The van der Waals surface area contributed by atoms with Gasteiger partial charge in [0, 0.05) is 11.4 Å². The first kappa shape index (κ1) is 24.6. The van der Waals surface area contributed by atoms with Crippen LogP contribution in [-0.2, 0) is 25.7 Å². The van der Waals surface area contributed by atoms with Gasteiger partial charge in [-0.05, 0) is 114 Å². The first-order chi connectivity index (χ1) is 16.9. The quantitative estimate of drug-likeness (QED) is 0.254. The third-order valence-corrected chi connectivity index (χ3v) is 7.19. The monoisotopic (exact) mass is 462 g/mol. The van der Waals surface area contributed by atoms with Gasteiger partial charge < -0.3 is 11.5 Å². The molecular formula is C33H38N2. The van der Waals surface area contributed by atoms with Crippen LogP contribution in [0.5, 0.6) is 0 Å². The number of nitrogens with two attached hydrogens (primary N) is 2. The highest BCUT2D eigenvalue weighted by Gasteiger charge is 2.10. The van der Waals surface area contributed by atoms with E-state index in [9.17, 15) is 0 Å². The van der Waals surface area contributed by atoms with E-state index in [1.54, 1.807) is 0 Å². The zero-order chi connectivity index (χ0) is 24.8. The lowest BCUT2D eigenvalue weighted by Gasteiger charge is -2.16. The Kier molecular flexibility index (Phi) is 7.92. The smallest absolute Gasteiger partial charge is 0.0316 e. The van der Waals surface area contributed by atoms with Gasteiger partial charge in [-0.25, -0.2) is 0 Å². The van der Waals surface area contributed by atoms with Gasteiger partial charge in [0.25, 0.3) is 0 Å². The summed E-state index contributed by atoms with van der Waals surface area (Å²) in [5.41, 5.74) is 24.2. The highest BCUT2D eigenvalue weighted by atomic mass is 14.5. The minimum atomic E-state index is 0.644. The summed E-state index contributed by atoms with van der Waals surface area (Å²) in [5, 5.41) is 0. The van der Waals surface area contributed by atoms with Crippen LogP contribution in [0.25, 0.3) is 0 Å². The van der Waals surface area contributed by atoms with Gasteiger partial charge in [-0.2, -0.15) is 0 Å². The van der Waals surface area contributed by atoms with Crippen LogP contribution >= 0.6 is 0 Å². The Bertz CT molecular complexity index is 1150. The first-order valence-electron chi connectivity index (χ1n) is 12.7. The van der Waals surface area contributed by atoms with Crippen molar-refractivity contribution >= 4 is 11.4 Å². The fraction of sp³-hybridized carbons (Fsp3) is 0.273. The van der Waals surface area contributed by atoms with Crippen molar-refractivity contribution in [1.29, 1.82) is 0 Å². The fourth-order valence-electron chi connectivity index (χ4n) is 4.89. The van der Waals surface area contributed by atoms with Crippen LogP contribution < -0.4 is 11.5 Å². The van der Waals surface area contributed by atoms with Crippen molar-refractivity contribution < 1.29 is 0 Å². The molecule has 0 aliphatic rings. The molecule has 4 aromatic carbocycles. The van der Waals surface area contributed by atoms with E-state index in [0.717, 1.165) is 37.1 Å². The summed E-state index contributed by atoms with van der Waals surface area (Å²) in [6.07, 6.45) is 5.31. The van der Waals surface area contributed by atoms with Crippen LogP contribution in [0.4, 0.5) is 11.4 Å². The Morgan fingerprint density at radius 3 is 1.26 bits per heavy atom. The van der Waals surface area contributed by atoms with E-state index < -0.39 is 0 Å². The molecule has 0 aliphatic heterocycles. The molecule has 4 aromatic rings. The maximum absolute atomic E-state index is 5.90. The van der Waals surface area contributed by atoms with E-state index >= 15 is 0 Å². The third-order valence-electron chi connectivity index (χ3n) is 7.19. The summed E-state index contributed by atoms with van der Waals surface area (Å²) in [7, 11) is 0. The predicted molar refractivity (Wildman–Crippen MR) is 151 cm³/mol. The summed E-state index contributed by atoms with van der Waals surface area (Å²) in [6, 6.07) is 30.8. The van der Waals surface area contributed by atoms with Crippen molar-refractivity contribution in [2.75, 3.05) is 11.5 Å². The van der Waals surface area contributed by atoms with Gasteiger partial charge in [0.1, 0.15) is 0 Å². The number of rotatable bonds is 9. The number of anilines is 2. The summed E-state index contributed by atoms with van der Waals surface area (Å²) in [6.45, 7) is 6.58. The molecule has 0 aliphatic carbocycles. The average Bonchev–Trinajstić information content (AvgIpc) is 2.84. The standard InChI is InChI=1S/C33H38N2/c1-4-25(19-26-5-9-28(10-6-26)21-30-13-15-32(34)17-23(30)2)20-27-7-11-29(12-8-27)22-31-14-16-33(35)18-24(31)3/h5-18,25H,4,19-22,34-35H2,1-3H3. The van der Waals surface area contributed by atoms with Crippen LogP contribution in [-0.4, -0.2) is 0 Å². The maximum atomic E-state index is 5.90. The molecule has 0 spiro atoms. The molecular weight excluding hydrogens is 424 g/mol. The lowest BCUT2D eigenvalue weighted by Crippen LogP contribution is -2.07. The normalized spacial score (nSPS) is 11.2. The van der Waals surface area contributed by atoms with Gasteiger partial charge in [0.2, 0.25) is 0 Å². The molecule has 4 rings (SSSR count). The van der Waals surface area contributed by atoms with Crippen LogP contribution in [0, 0.1) is 19.8 Å². The number of hydrogen-bond donors (Lipinski definition) is 2. The van der Waals surface area contributed by atoms with Crippen molar-refractivity contribution in [3.63, 3.8) is 0 Å². The molecule has 35 heavy (non-hydrogen) atoms.